The van der Waals surface area contributed by atoms with E-state index in [2.05, 4.69) is 25.9 Å². The van der Waals surface area contributed by atoms with E-state index >= 15 is 0 Å². The van der Waals surface area contributed by atoms with Crippen molar-refractivity contribution in [2.45, 2.75) is 173 Å². The number of unbranched alkanes of at least 4 members (excludes halogenated alkanes) is 19. The molecule has 0 amide bonds. The number of hydrogen-bond donors (Lipinski definition) is 0. The van der Waals surface area contributed by atoms with Crippen LogP contribution in [-0.2, 0) is 9.53 Å². The first kappa shape index (κ1) is 33.5. The van der Waals surface area contributed by atoms with Crippen LogP contribution in [0.3, 0.4) is 0 Å². The first-order valence-electron chi connectivity index (χ1n) is 16.3. The highest BCUT2D eigenvalue weighted by atomic mass is 16.5. The number of methoxy groups -OCH3 is 1. The van der Waals surface area contributed by atoms with E-state index in [1.54, 1.807) is 0 Å². The SMILES string of the molecule is CCCCCCCCCCCCCCCCCCC(C1CC1CCCCCCCC(=O)OC)N(C)C. The van der Waals surface area contributed by atoms with Crippen LogP contribution in [0.25, 0.3) is 0 Å². The maximum absolute atomic E-state index is 11.2. The summed E-state index contributed by atoms with van der Waals surface area (Å²) in [4.78, 5) is 13.7. The third kappa shape index (κ3) is 18.6. The average molecular weight is 508 g/mol. The van der Waals surface area contributed by atoms with Gasteiger partial charge in [-0.2, -0.15) is 0 Å². The zero-order valence-electron chi connectivity index (χ0n) is 25.2. The van der Waals surface area contributed by atoms with Crippen molar-refractivity contribution in [1.82, 2.24) is 4.90 Å². The second kappa shape index (κ2) is 23.5. The smallest absolute Gasteiger partial charge is 0.305 e. The van der Waals surface area contributed by atoms with E-state index in [0.717, 1.165) is 24.3 Å². The predicted molar refractivity (Wildman–Crippen MR) is 158 cm³/mol. The molecule has 0 aromatic heterocycles. The van der Waals surface area contributed by atoms with Crippen molar-refractivity contribution in [3.8, 4) is 0 Å². The summed E-state index contributed by atoms with van der Waals surface area (Å²) < 4.78 is 4.71. The average Bonchev–Trinajstić information content (AvgIpc) is 3.63. The van der Waals surface area contributed by atoms with E-state index in [0.29, 0.717) is 6.42 Å². The molecule has 1 saturated carbocycles. The van der Waals surface area contributed by atoms with Gasteiger partial charge in [0.25, 0.3) is 0 Å². The molecule has 3 heteroatoms. The van der Waals surface area contributed by atoms with Crippen molar-refractivity contribution in [1.29, 1.82) is 0 Å². The van der Waals surface area contributed by atoms with Crippen LogP contribution in [0.15, 0.2) is 0 Å². The second-order valence-corrected chi connectivity index (χ2v) is 12.2. The molecule has 214 valence electrons. The Bertz CT molecular complexity index is 492. The highest BCUT2D eigenvalue weighted by Gasteiger charge is 2.42. The van der Waals surface area contributed by atoms with Gasteiger partial charge >= 0.3 is 5.97 Å². The monoisotopic (exact) mass is 508 g/mol. The Morgan fingerprint density at radius 2 is 1.14 bits per heavy atom. The predicted octanol–water partition coefficient (Wildman–Crippen LogP) is 10.1. The topological polar surface area (TPSA) is 29.5 Å². The summed E-state index contributed by atoms with van der Waals surface area (Å²) in [6.07, 6.45) is 34.2. The second-order valence-electron chi connectivity index (χ2n) is 12.2. The van der Waals surface area contributed by atoms with Gasteiger partial charge in [0.15, 0.2) is 0 Å². The van der Waals surface area contributed by atoms with Gasteiger partial charge in [0.1, 0.15) is 0 Å². The van der Waals surface area contributed by atoms with Crippen LogP contribution in [0.1, 0.15) is 167 Å². The summed E-state index contributed by atoms with van der Waals surface area (Å²) in [5.41, 5.74) is 0. The molecule has 0 heterocycles. The Morgan fingerprint density at radius 1 is 0.694 bits per heavy atom. The summed E-state index contributed by atoms with van der Waals surface area (Å²) in [6, 6.07) is 0.807. The molecule has 3 atom stereocenters. The van der Waals surface area contributed by atoms with Crippen LogP contribution < -0.4 is 0 Å². The molecule has 1 fully saturated rings. The largest absolute Gasteiger partial charge is 0.469 e. The lowest BCUT2D eigenvalue weighted by Crippen LogP contribution is -2.30. The summed E-state index contributed by atoms with van der Waals surface area (Å²) in [5.74, 6) is 1.87. The number of rotatable bonds is 27. The van der Waals surface area contributed by atoms with Gasteiger partial charge in [-0.3, -0.25) is 4.79 Å². The molecule has 1 aliphatic carbocycles. The minimum absolute atomic E-state index is 0.0603. The highest BCUT2D eigenvalue weighted by molar-refractivity contribution is 5.68. The first-order valence-corrected chi connectivity index (χ1v) is 16.3. The number of ether oxygens (including phenoxy) is 1. The van der Waals surface area contributed by atoms with Gasteiger partial charge in [-0.1, -0.05) is 142 Å². The van der Waals surface area contributed by atoms with E-state index in [9.17, 15) is 4.79 Å². The van der Waals surface area contributed by atoms with Gasteiger partial charge < -0.3 is 9.64 Å². The fourth-order valence-corrected chi connectivity index (χ4v) is 6.14. The maximum atomic E-state index is 11.2. The van der Waals surface area contributed by atoms with Crippen LogP contribution in [0.2, 0.25) is 0 Å². The van der Waals surface area contributed by atoms with E-state index in [1.165, 1.54) is 155 Å². The molecule has 0 bridgehead atoms. The molecule has 1 rings (SSSR count). The third-order valence-electron chi connectivity index (χ3n) is 8.67. The Labute approximate surface area is 226 Å². The Morgan fingerprint density at radius 3 is 1.61 bits per heavy atom. The van der Waals surface area contributed by atoms with E-state index < -0.39 is 0 Å². The molecule has 0 aliphatic heterocycles. The van der Waals surface area contributed by atoms with E-state index in [4.69, 9.17) is 4.74 Å². The molecule has 0 saturated heterocycles. The molecule has 3 unspecified atom stereocenters. The Balaban J connectivity index is 1.89. The van der Waals surface area contributed by atoms with Gasteiger partial charge in [0.2, 0.25) is 0 Å². The van der Waals surface area contributed by atoms with Crippen LogP contribution in [0.4, 0.5) is 0 Å². The molecule has 1 aliphatic rings. The van der Waals surface area contributed by atoms with Crippen molar-refractivity contribution in [2.24, 2.45) is 11.8 Å². The molecular weight excluding hydrogens is 442 g/mol. The lowest BCUT2D eigenvalue weighted by Gasteiger charge is -2.25. The lowest BCUT2D eigenvalue weighted by molar-refractivity contribution is -0.140. The summed E-state index contributed by atoms with van der Waals surface area (Å²) in [7, 11) is 6.08. The zero-order chi connectivity index (χ0) is 26.3. The number of carbonyl (C=O) groups excluding carboxylic acids is 1. The fourth-order valence-electron chi connectivity index (χ4n) is 6.14. The molecule has 3 nitrogen and oxygen atoms in total. The minimum Gasteiger partial charge on any atom is -0.469 e. The minimum atomic E-state index is -0.0603. The first-order chi connectivity index (χ1) is 17.6. The Kier molecular flexibility index (Phi) is 21.9. The molecular formula is C33H65NO2. The molecule has 0 spiro atoms. The maximum Gasteiger partial charge on any atom is 0.305 e. The van der Waals surface area contributed by atoms with Gasteiger partial charge in [-0.05, 0) is 45.2 Å². The van der Waals surface area contributed by atoms with Crippen LogP contribution in [0, 0.1) is 11.8 Å². The number of hydrogen-bond acceptors (Lipinski definition) is 3. The standard InChI is InChI=1S/C33H65NO2/c1-5-6-7-8-9-10-11-12-13-14-15-16-17-18-21-24-27-32(34(2)3)31-29-30(31)26-23-20-19-22-25-28-33(35)36-4/h30-32H,5-29H2,1-4H3. The van der Waals surface area contributed by atoms with Crippen molar-refractivity contribution in [3.63, 3.8) is 0 Å². The normalized spacial score (nSPS) is 18.0. The summed E-state index contributed by atoms with van der Waals surface area (Å²) in [5, 5.41) is 0. The van der Waals surface area contributed by atoms with Gasteiger partial charge in [0, 0.05) is 12.5 Å². The fraction of sp³-hybridized carbons (Fsp3) is 0.970. The number of carbonyl (C=O) groups is 1. The van der Waals surface area contributed by atoms with Gasteiger partial charge in [-0.15, -0.1) is 0 Å². The van der Waals surface area contributed by atoms with Crippen molar-refractivity contribution >= 4 is 5.97 Å². The Hall–Kier alpha value is -0.570. The molecule has 0 aromatic carbocycles. The molecule has 0 aromatic rings. The summed E-state index contributed by atoms with van der Waals surface area (Å²) >= 11 is 0. The zero-order valence-corrected chi connectivity index (χ0v) is 25.2. The van der Waals surface area contributed by atoms with Gasteiger partial charge in [0.05, 0.1) is 7.11 Å². The number of esters is 1. The van der Waals surface area contributed by atoms with Crippen LogP contribution in [0.5, 0.6) is 0 Å². The lowest BCUT2D eigenvalue weighted by atomic mass is 9.98. The van der Waals surface area contributed by atoms with Crippen molar-refractivity contribution in [2.75, 3.05) is 21.2 Å². The van der Waals surface area contributed by atoms with E-state index in [-0.39, 0.29) is 5.97 Å². The van der Waals surface area contributed by atoms with Crippen molar-refractivity contribution < 1.29 is 9.53 Å². The summed E-state index contributed by atoms with van der Waals surface area (Å²) in [6.45, 7) is 2.30. The van der Waals surface area contributed by atoms with Crippen molar-refractivity contribution in [3.05, 3.63) is 0 Å². The molecule has 0 radical (unpaired) electrons. The highest BCUT2D eigenvalue weighted by Crippen LogP contribution is 2.47. The molecule has 0 N–H and O–H groups in total. The van der Waals surface area contributed by atoms with E-state index in [1.807, 2.05) is 0 Å². The van der Waals surface area contributed by atoms with Crippen LogP contribution >= 0.6 is 0 Å². The third-order valence-corrected chi connectivity index (χ3v) is 8.67. The quantitative estimate of drug-likeness (QED) is 0.0818. The van der Waals surface area contributed by atoms with Crippen LogP contribution in [-0.4, -0.2) is 38.1 Å². The number of nitrogens with zero attached hydrogens (tertiary/aromatic N) is 1. The van der Waals surface area contributed by atoms with Gasteiger partial charge in [-0.25, -0.2) is 0 Å². The molecule has 36 heavy (non-hydrogen) atoms.